The van der Waals surface area contributed by atoms with Gasteiger partial charge in [0.25, 0.3) is 0 Å². The van der Waals surface area contributed by atoms with Crippen molar-refractivity contribution in [2.24, 2.45) is 0 Å². The molecule has 0 bridgehead atoms. The predicted octanol–water partition coefficient (Wildman–Crippen LogP) is 4.97. The molecule has 0 aliphatic carbocycles. The highest BCUT2D eigenvalue weighted by Gasteiger charge is 2.16. The van der Waals surface area contributed by atoms with Crippen LogP contribution in [0.25, 0.3) is 11.3 Å². The lowest BCUT2D eigenvalue weighted by Crippen LogP contribution is -1.98. The lowest BCUT2D eigenvalue weighted by atomic mass is 10.1. The average Bonchev–Trinajstić information content (AvgIpc) is 2.92. The van der Waals surface area contributed by atoms with Crippen molar-refractivity contribution in [3.8, 4) is 11.3 Å². The van der Waals surface area contributed by atoms with Gasteiger partial charge in [-0.1, -0.05) is 42.6 Å². The van der Waals surface area contributed by atoms with Crippen LogP contribution in [0.3, 0.4) is 0 Å². The normalized spacial score (nSPS) is 11.8. The summed E-state index contributed by atoms with van der Waals surface area (Å²) in [5, 5.41) is 0.974. The number of hydrogen-bond donors (Lipinski definition) is 0. The molecule has 0 saturated carbocycles. The molecule has 0 amide bonds. The molecule has 0 N–H and O–H groups in total. The Hall–Kier alpha value is -1.76. The van der Waals surface area contributed by atoms with Crippen LogP contribution in [-0.4, -0.2) is 19.7 Å². The van der Waals surface area contributed by atoms with E-state index in [1.54, 1.807) is 30.4 Å². The van der Waals surface area contributed by atoms with E-state index in [1.165, 1.54) is 24.4 Å². The number of allylic oxidation sites excluding steroid dienone is 3. The van der Waals surface area contributed by atoms with Crippen molar-refractivity contribution >= 4 is 33.2 Å². The first-order valence-corrected chi connectivity index (χ1v) is 9.91. The van der Waals surface area contributed by atoms with Gasteiger partial charge < -0.3 is 4.42 Å². The minimum absolute atomic E-state index is 0.273. The van der Waals surface area contributed by atoms with Crippen molar-refractivity contribution in [3.05, 3.63) is 65.4 Å². The highest BCUT2D eigenvalue weighted by Crippen LogP contribution is 2.36. The summed E-state index contributed by atoms with van der Waals surface area (Å²) in [6, 6.07) is 4.92. The monoisotopic (exact) mass is 381 g/mol. The van der Waals surface area contributed by atoms with Crippen molar-refractivity contribution in [2.75, 3.05) is 6.26 Å². The maximum absolute atomic E-state index is 11.6. The van der Waals surface area contributed by atoms with E-state index in [2.05, 4.69) is 18.1 Å². The van der Waals surface area contributed by atoms with E-state index in [1.807, 2.05) is 6.92 Å². The van der Waals surface area contributed by atoms with E-state index in [4.69, 9.17) is 16.0 Å². The fraction of sp³-hybridized carbons (Fsp3) is 0.118. The van der Waals surface area contributed by atoms with Crippen LogP contribution in [0.1, 0.15) is 5.56 Å². The van der Waals surface area contributed by atoms with Crippen LogP contribution < -0.4 is 0 Å². The van der Waals surface area contributed by atoms with Gasteiger partial charge in [0.1, 0.15) is 5.69 Å². The van der Waals surface area contributed by atoms with Crippen molar-refractivity contribution in [1.29, 1.82) is 0 Å². The van der Waals surface area contributed by atoms with Gasteiger partial charge in [-0.2, -0.15) is 0 Å². The second-order valence-electron chi connectivity index (χ2n) is 5.09. The Balaban J connectivity index is 2.34. The Morgan fingerprint density at radius 3 is 2.62 bits per heavy atom. The molecule has 0 radical (unpaired) electrons. The second-order valence-corrected chi connectivity index (χ2v) is 8.69. The molecule has 0 spiro atoms. The van der Waals surface area contributed by atoms with E-state index in [-0.39, 0.29) is 4.90 Å². The molecule has 4 nitrogen and oxygen atoms in total. The third-order valence-corrected chi connectivity index (χ3v) is 5.20. The second kappa shape index (κ2) is 7.42. The third kappa shape index (κ3) is 4.63. The van der Waals surface area contributed by atoms with E-state index >= 15 is 0 Å². The van der Waals surface area contributed by atoms with Gasteiger partial charge in [0.05, 0.1) is 4.90 Å². The number of aromatic nitrogens is 1. The first-order valence-electron chi connectivity index (χ1n) is 6.82. The highest BCUT2D eigenvalue weighted by molar-refractivity contribution is 8.03. The standard InChI is InChI=1S/C17H16ClNO3S2/c1-11-9-14(24(4,20)21)7-8-15(11)16-17(22-10-19-16)23-13(3)6-5-12(2)18/h5-10H,2-3H2,1,4H3/b6-5-. The SMILES string of the molecule is C=C(Cl)/C=C\C(=C)Sc1ocnc1-c1ccc(S(C)(=O)=O)cc1C. The zero-order chi connectivity index (χ0) is 17.9. The van der Waals surface area contributed by atoms with Crippen LogP contribution >= 0.6 is 23.4 Å². The summed E-state index contributed by atoms with van der Waals surface area (Å²) >= 11 is 6.99. The Morgan fingerprint density at radius 1 is 1.33 bits per heavy atom. The number of benzene rings is 1. The largest absolute Gasteiger partial charge is 0.436 e. The Morgan fingerprint density at radius 2 is 2.04 bits per heavy atom. The molecule has 0 fully saturated rings. The van der Waals surface area contributed by atoms with Crippen molar-refractivity contribution in [2.45, 2.75) is 16.9 Å². The molecule has 1 heterocycles. The number of sulfone groups is 1. The molecule has 1 aromatic carbocycles. The number of rotatable bonds is 6. The van der Waals surface area contributed by atoms with E-state index in [0.29, 0.717) is 20.7 Å². The van der Waals surface area contributed by atoms with Gasteiger partial charge in [0, 0.05) is 21.8 Å². The first-order chi connectivity index (χ1) is 11.2. The number of oxazole rings is 1. The summed E-state index contributed by atoms with van der Waals surface area (Å²) < 4.78 is 28.7. The predicted molar refractivity (Wildman–Crippen MR) is 98.9 cm³/mol. The van der Waals surface area contributed by atoms with Crippen LogP contribution in [0, 0.1) is 6.92 Å². The first kappa shape index (κ1) is 18.6. The van der Waals surface area contributed by atoms with Gasteiger partial charge in [-0.3, -0.25) is 0 Å². The van der Waals surface area contributed by atoms with Crippen molar-refractivity contribution in [3.63, 3.8) is 0 Å². The van der Waals surface area contributed by atoms with Crippen LogP contribution in [0.2, 0.25) is 0 Å². The molecule has 0 saturated heterocycles. The third-order valence-electron chi connectivity index (χ3n) is 3.09. The Kier molecular flexibility index (Phi) is 5.74. The number of aryl methyl sites for hydroxylation is 1. The average molecular weight is 382 g/mol. The molecule has 0 unspecified atom stereocenters. The molecule has 0 aliphatic rings. The van der Waals surface area contributed by atoms with E-state index in [0.717, 1.165) is 11.1 Å². The minimum Gasteiger partial charge on any atom is -0.436 e. The topological polar surface area (TPSA) is 60.2 Å². The lowest BCUT2D eigenvalue weighted by molar-refractivity contribution is 0.471. The van der Waals surface area contributed by atoms with Gasteiger partial charge in [-0.05, 0) is 36.8 Å². The zero-order valence-electron chi connectivity index (χ0n) is 13.2. The van der Waals surface area contributed by atoms with E-state index < -0.39 is 9.84 Å². The number of nitrogens with zero attached hydrogens (tertiary/aromatic N) is 1. The number of halogens is 1. The molecule has 1 aromatic heterocycles. The Labute approximate surface area is 150 Å². The maximum atomic E-state index is 11.6. The summed E-state index contributed by atoms with van der Waals surface area (Å²) in [5.41, 5.74) is 2.23. The molecule has 2 aromatic rings. The van der Waals surface area contributed by atoms with Gasteiger partial charge in [-0.15, -0.1) is 0 Å². The molecular formula is C17H16ClNO3S2. The molecular weight excluding hydrogens is 366 g/mol. The minimum atomic E-state index is -3.25. The van der Waals surface area contributed by atoms with Crippen LogP contribution in [0.15, 0.2) is 74.2 Å². The summed E-state index contributed by atoms with van der Waals surface area (Å²) in [5.74, 6) is 0. The molecule has 7 heteroatoms. The summed E-state index contributed by atoms with van der Waals surface area (Å²) in [7, 11) is -3.25. The van der Waals surface area contributed by atoms with Gasteiger partial charge in [0.15, 0.2) is 21.3 Å². The van der Waals surface area contributed by atoms with Crippen LogP contribution in [0.4, 0.5) is 0 Å². The fourth-order valence-electron chi connectivity index (χ4n) is 1.96. The zero-order valence-corrected chi connectivity index (χ0v) is 15.6. The summed E-state index contributed by atoms with van der Waals surface area (Å²) in [6.07, 6.45) is 5.89. The van der Waals surface area contributed by atoms with Gasteiger partial charge in [0.2, 0.25) is 0 Å². The number of thioether (sulfide) groups is 1. The molecule has 126 valence electrons. The molecule has 24 heavy (non-hydrogen) atoms. The molecule has 0 aliphatic heterocycles. The molecule has 0 atom stereocenters. The van der Waals surface area contributed by atoms with Gasteiger partial charge >= 0.3 is 0 Å². The van der Waals surface area contributed by atoms with E-state index in [9.17, 15) is 8.42 Å². The van der Waals surface area contributed by atoms with Crippen molar-refractivity contribution in [1.82, 2.24) is 4.98 Å². The highest BCUT2D eigenvalue weighted by atomic mass is 35.5. The van der Waals surface area contributed by atoms with Crippen molar-refractivity contribution < 1.29 is 12.8 Å². The molecule has 2 rings (SSSR count). The number of hydrogen-bond acceptors (Lipinski definition) is 5. The summed E-state index contributed by atoms with van der Waals surface area (Å²) in [4.78, 5) is 5.22. The Bertz CT molecular complexity index is 927. The van der Waals surface area contributed by atoms with Crippen LogP contribution in [-0.2, 0) is 9.84 Å². The van der Waals surface area contributed by atoms with Crippen LogP contribution in [0.5, 0.6) is 0 Å². The smallest absolute Gasteiger partial charge is 0.193 e. The quantitative estimate of drug-likeness (QED) is 0.522. The summed E-state index contributed by atoms with van der Waals surface area (Å²) in [6.45, 7) is 9.32. The van der Waals surface area contributed by atoms with Gasteiger partial charge in [-0.25, -0.2) is 13.4 Å². The lowest BCUT2D eigenvalue weighted by Gasteiger charge is -2.07. The fourth-order valence-corrected chi connectivity index (χ4v) is 3.45. The maximum Gasteiger partial charge on any atom is 0.193 e.